The highest BCUT2D eigenvalue weighted by atomic mass is 15.1. The maximum absolute atomic E-state index is 5.57. The van der Waals surface area contributed by atoms with Gasteiger partial charge in [-0.15, -0.1) is 0 Å². The summed E-state index contributed by atoms with van der Waals surface area (Å²) in [5.74, 6) is 0. The summed E-state index contributed by atoms with van der Waals surface area (Å²) in [4.78, 5) is 2.27. The van der Waals surface area contributed by atoms with Crippen molar-refractivity contribution in [3.05, 3.63) is 35.4 Å². The van der Waals surface area contributed by atoms with Crippen LogP contribution in [0, 0.1) is 0 Å². The number of hydrogen-bond acceptors (Lipinski definition) is 2. The Kier molecular flexibility index (Phi) is 3.93. The first-order chi connectivity index (χ1) is 6.26. The molecule has 0 bridgehead atoms. The topological polar surface area (TPSA) is 29.3 Å². The van der Waals surface area contributed by atoms with Gasteiger partial charge in [0.15, 0.2) is 0 Å². The van der Waals surface area contributed by atoms with Crippen molar-refractivity contribution >= 4 is 0 Å². The summed E-state index contributed by atoms with van der Waals surface area (Å²) in [7, 11) is 2.12. The lowest BCUT2D eigenvalue weighted by Crippen LogP contribution is -2.16. The molecule has 0 aromatic heterocycles. The molecule has 0 aliphatic carbocycles. The van der Waals surface area contributed by atoms with Crippen molar-refractivity contribution < 1.29 is 0 Å². The molecule has 13 heavy (non-hydrogen) atoms. The molecule has 0 aliphatic rings. The minimum Gasteiger partial charge on any atom is -0.326 e. The third kappa shape index (κ3) is 3.17. The predicted octanol–water partition coefficient (Wildman–Crippen LogP) is 1.60. The molecule has 0 fully saturated rings. The molecule has 0 heterocycles. The lowest BCUT2D eigenvalue weighted by molar-refractivity contribution is 0.345. The minimum absolute atomic E-state index is 0.629. The molecule has 0 radical (unpaired) electrons. The van der Waals surface area contributed by atoms with Crippen molar-refractivity contribution in [1.29, 1.82) is 0 Å². The van der Waals surface area contributed by atoms with Crippen molar-refractivity contribution in [2.45, 2.75) is 20.0 Å². The number of hydrogen-bond donors (Lipinski definition) is 1. The lowest BCUT2D eigenvalue weighted by atomic mass is 10.1. The van der Waals surface area contributed by atoms with Gasteiger partial charge in [-0.1, -0.05) is 31.2 Å². The van der Waals surface area contributed by atoms with E-state index in [9.17, 15) is 0 Å². The van der Waals surface area contributed by atoms with Crippen LogP contribution < -0.4 is 5.73 Å². The van der Waals surface area contributed by atoms with Crippen molar-refractivity contribution in [2.24, 2.45) is 5.73 Å². The second-order valence-electron chi connectivity index (χ2n) is 3.35. The van der Waals surface area contributed by atoms with E-state index in [4.69, 9.17) is 5.73 Å². The average Bonchev–Trinajstić information content (AvgIpc) is 2.18. The SMILES string of the molecule is CCN(C)Cc1cccc(CN)c1. The van der Waals surface area contributed by atoms with Crippen molar-refractivity contribution in [2.75, 3.05) is 13.6 Å². The van der Waals surface area contributed by atoms with Gasteiger partial charge in [0, 0.05) is 13.1 Å². The van der Waals surface area contributed by atoms with E-state index in [1.807, 2.05) is 0 Å². The number of nitrogens with zero attached hydrogens (tertiary/aromatic N) is 1. The highest BCUT2D eigenvalue weighted by molar-refractivity contribution is 5.23. The third-order valence-electron chi connectivity index (χ3n) is 2.22. The Balaban J connectivity index is 2.66. The average molecular weight is 178 g/mol. The van der Waals surface area contributed by atoms with Crippen LogP contribution in [-0.2, 0) is 13.1 Å². The Hall–Kier alpha value is -0.860. The molecule has 1 aromatic rings. The lowest BCUT2D eigenvalue weighted by Gasteiger charge is -2.14. The number of nitrogens with two attached hydrogens (primary N) is 1. The third-order valence-corrected chi connectivity index (χ3v) is 2.22. The molecule has 0 aliphatic heterocycles. The van der Waals surface area contributed by atoms with Gasteiger partial charge in [0.1, 0.15) is 0 Å². The van der Waals surface area contributed by atoms with Gasteiger partial charge in [0.2, 0.25) is 0 Å². The van der Waals surface area contributed by atoms with Gasteiger partial charge in [-0.3, -0.25) is 0 Å². The standard InChI is InChI=1S/C11H18N2/c1-3-13(2)9-11-6-4-5-10(7-11)8-12/h4-7H,3,8-9,12H2,1-2H3. The molecule has 72 valence electrons. The molecule has 2 N–H and O–H groups in total. The fraction of sp³-hybridized carbons (Fsp3) is 0.455. The summed E-state index contributed by atoms with van der Waals surface area (Å²) in [5.41, 5.74) is 8.12. The Bertz CT molecular complexity index is 258. The molecule has 0 saturated carbocycles. The van der Waals surface area contributed by atoms with E-state index in [1.165, 1.54) is 11.1 Å². The highest BCUT2D eigenvalue weighted by Crippen LogP contribution is 2.06. The monoisotopic (exact) mass is 178 g/mol. The zero-order chi connectivity index (χ0) is 9.68. The van der Waals surface area contributed by atoms with Gasteiger partial charge in [-0.2, -0.15) is 0 Å². The summed E-state index contributed by atoms with van der Waals surface area (Å²) >= 11 is 0. The van der Waals surface area contributed by atoms with Crippen LogP contribution in [0.1, 0.15) is 18.1 Å². The number of benzene rings is 1. The molecule has 0 amide bonds. The van der Waals surface area contributed by atoms with Crippen LogP contribution in [0.4, 0.5) is 0 Å². The highest BCUT2D eigenvalue weighted by Gasteiger charge is 1.97. The van der Waals surface area contributed by atoms with E-state index in [0.717, 1.165) is 13.1 Å². The second-order valence-corrected chi connectivity index (χ2v) is 3.35. The molecule has 0 atom stereocenters. The van der Waals surface area contributed by atoms with E-state index in [0.29, 0.717) is 6.54 Å². The van der Waals surface area contributed by atoms with Crippen LogP contribution >= 0.6 is 0 Å². The molecule has 2 nitrogen and oxygen atoms in total. The van der Waals surface area contributed by atoms with Gasteiger partial charge in [-0.25, -0.2) is 0 Å². The summed E-state index contributed by atoms with van der Waals surface area (Å²) in [6.45, 7) is 4.87. The molecule has 2 heteroatoms. The summed E-state index contributed by atoms with van der Waals surface area (Å²) in [5, 5.41) is 0. The fourth-order valence-electron chi connectivity index (χ4n) is 1.28. The zero-order valence-electron chi connectivity index (χ0n) is 8.46. The van der Waals surface area contributed by atoms with Gasteiger partial charge < -0.3 is 10.6 Å². The first-order valence-electron chi connectivity index (χ1n) is 4.72. The van der Waals surface area contributed by atoms with Crippen molar-refractivity contribution in [3.63, 3.8) is 0 Å². The summed E-state index contributed by atoms with van der Waals surface area (Å²) in [6, 6.07) is 8.45. The van der Waals surface area contributed by atoms with Crippen molar-refractivity contribution in [1.82, 2.24) is 4.90 Å². The van der Waals surface area contributed by atoms with Crippen LogP contribution in [-0.4, -0.2) is 18.5 Å². The van der Waals surface area contributed by atoms with Gasteiger partial charge >= 0.3 is 0 Å². The molecule has 0 spiro atoms. The van der Waals surface area contributed by atoms with E-state index >= 15 is 0 Å². The van der Waals surface area contributed by atoms with Crippen LogP contribution in [0.25, 0.3) is 0 Å². The molecule has 0 saturated heterocycles. The van der Waals surface area contributed by atoms with Crippen LogP contribution in [0.3, 0.4) is 0 Å². The zero-order valence-corrected chi connectivity index (χ0v) is 8.46. The molecule has 1 rings (SSSR count). The Morgan fingerprint density at radius 1 is 1.31 bits per heavy atom. The maximum Gasteiger partial charge on any atom is 0.0230 e. The van der Waals surface area contributed by atoms with E-state index in [2.05, 4.69) is 43.1 Å². The van der Waals surface area contributed by atoms with E-state index < -0.39 is 0 Å². The number of rotatable bonds is 4. The normalized spacial score (nSPS) is 10.8. The Morgan fingerprint density at radius 3 is 2.62 bits per heavy atom. The molecule has 0 unspecified atom stereocenters. The van der Waals surface area contributed by atoms with Crippen LogP contribution in [0.5, 0.6) is 0 Å². The molecular weight excluding hydrogens is 160 g/mol. The maximum atomic E-state index is 5.57. The Labute approximate surface area is 80.4 Å². The van der Waals surface area contributed by atoms with Gasteiger partial charge in [-0.05, 0) is 24.7 Å². The van der Waals surface area contributed by atoms with Gasteiger partial charge in [0.05, 0.1) is 0 Å². The smallest absolute Gasteiger partial charge is 0.0230 e. The first-order valence-corrected chi connectivity index (χ1v) is 4.72. The van der Waals surface area contributed by atoms with Crippen LogP contribution in [0.15, 0.2) is 24.3 Å². The summed E-state index contributed by atoms with van der Waals surface area (Å²) in [6.07, 6.45) is 0. The van der Waals surface area contributed by atoms with E-state index in [-0.39, 0.29) is 0 Å². The largest absolute Gasteiger partial charge is 0.326 e. The van der Waals surface area contributed by atoms with Gasteiger partial charge in [0.25, 0.3) is 0 Å². The fourth-order valence-corrected chi connectivity index (χ4v) is 1.28. The molecular formula is C11H18N2. The summed E-state index contributed by atoms with van der Waals surface area (Å²) < 4.78 is 0. The quantitative estimate of drug-likeness (QED) is 0.758. The second kappa shape index (κ2) is 5.00. The van der Waals surface area contributed by atoms with Crippen LogP contribution in [0.2, 0.25) is 0 Å². The predicted molar refractivity (Wildman–Crippen MR) is 56.3 cm³/mol. The Morgan fingerprint density at radius 2 is 2.00 bits per heavy atom. The minimum atomic E-state index is 0.629. The first kappa shape index (κ1) is 10.2. The van der Waals surface area contributed by atoms with E-state index in [1.54, 1.807) is 0 Å². The molecule has 1 aromatic carbocycles. The van der Waals surface area contributed by atoms with Crippen molar-refractivity contribution in [3.8, 4) is 0 Å².